The maximum atomic E-state index is 14.0. The monoisotopic (exact) mass is 313 g/mol. The quantitative estimate of drug-likeness (QED) is 0.772. The average molecular weight is 314 g/mol. The van der Waals surface area contributed by atoms with Gasteiger partial charge in [0, 0.05) is 23.7 Å². The van der Waals surface area contributed by atoms with Crippen molar-refractivity contribution >= 4 is 11.6 Å². The highest BCUT2D eigenvalue weighted by atomic mass is 35.5. The molecular weight excluding hydrogens is 299 g/mol. The smallest absolute Gasteiger partial charge is 0.136 e. The molecule has 5 heteroatoms. The summed E-state index contributed by atoms with van der Waals surface area (Å²) in [4.78, 5) is 0. The topological polar surface area (TPSA) is 12.0 Å². The fourth-order valence-electron chi connectivity index (χ4n) is 2.13. The zero-order valence-electron chi connectivity index (χ0n) is 11.5. The van der Waals surface area contributed by atoms with Gasteiger partial charge in [0.1, 0.15) is 17.5 Å². The van der Waals surface area contributed by atoms with Crippen molar-refractivity contribution in [2.75, 3.05) is 6.54 Å². The zero-order chi connectivity index (χ0) is 15.4. The Morgan fingerprint density at radius 1 is 1.05 bits per heavy atom. The molecule has 0 unspecified atom stereocenters. The van der Waals surface area contributed by atoms with Crippen LogP contribution in [-0.2, 0) is 6.54 Å². The van der Waals surface area contributed by atoms with E-state index in [1.54, 1.807) is 12.1 Å². The molecule has 0 atom stereocenters. The van der Waals surface area contributed by atoms with E-state index in [2.05, 4.69) is 5.32 Å². The van der Waals surface area contributed by atoms with Crippen LogP contribution in [0.15, 0.2) is 30.3 Å². The van der Waals surface area contributed by atoms with Crippen molar-refractivity contribution in [2.24, 2.45) is 0 Å². The minimum Gasteiger partial charge on any atom is -0.313 e. The van der Waals surface area contributed by atoms with Crippen molar-refractivity contribution in [3.8, 4) is 11.1 Å². The van der Waals surface area contributed by atoms with Gasteiger partial charge in [-0.15, -0.1) is 0 Å². The van der Waals surface area contributed by atoms with Crippen molar-refractivity contribution in [3.05, 3.63) is 58.4 Å². The molecule has 2 aromatic rings. The lowest BCUT2D eigenvalue weighted by Gasteiger charge is -2.13. The van der Waals surface area contributed by atoms with E-state index in [-0.39, 0.29) is 5.56 Å². The highest BCUT2D eigenvalue weighted by Gasteiger charge is 2.17. The second-order valence-corrected chi connectivity index (χ2v) is 5.16. The van der Waals surface area contributed by atoms with Gasteiger partial charge >= 0.3 is 0 Å². The molecule has 0 radical (unpaired) electrons. The molecule has 1 N–H and O–H groups in total. The molecule has 0 amide bonds. The van der Waals surface area contributed by atoms with Gasteiger partial charge in [0.2, 0.25) is 0 Å². The summed E-state index contributed by atoms with van der Waals surface area (Å²) in [6.07, 6.45) is 0.947. The summed E-state index contributed by atoms with van der Waals surface area (Å²) in [5.74, 6) is -2.82. The minimum absolute atomic E-state index is 0.257. The van der Waals surface area contributed by atoms with Crippen LogP contribution in [-0.4, -0.2) is 6.54 Å². The van der Waals surface area contributed by atoms with Crippen LogP contribution in [0.25, 0.3) is 11.1 Å². The van der Waals surface area contributed by atoms with Crippen molar-refractivity contribution in [3.63, 3.8) is 0 Å². The Bertz CT molecular complexity index is 620. The van der Waals surface area contributed by atoms with E-state index in [1.165, 1.54) is 6.07 Å². The third kappa shape index (κ3) is 3.77. The first-order valence-corrected chi connectivity index (χ1v) is 7.04. The molecule has 0 fully saturated rings. The molecule has 21 heavy (non-hydrogen) atoms. The SMILES string of the molecule is CCCNCc1ccc(Cl)cc1-c1c(F)cc(F)cc1F. The van der Waals surface area contributed by atoms with E-state index in [0.29, 0.717) is 34.8 Å². The van der Waals surface area contributed by atoms with Crippen LogP contribution in [0, 0.1) is 17.5 Å². The maximum absolute atomic E-state index is 14.0. The Morgan fingerprint density at radius 3 is 2.33 bits per heavy atom. The molecule has 1 nitrogen and oxygen atoms in total. The van der Waals surface area contributed by atoms with Crippen LogP contribution < -0.4 is 5.32 Å². The largest absolute Gasteiger partial charge is 0.313 e. The van der Waals surface area contributed by atoms with Crippen molar-refractivity contribution in [2.45, 2.75) is 19.9 Å². The molecule has 0 aliphatic heterocycles. The number of benzene rings is 2. The molecule has 2 rings (SSSR count). The number of rotatable bonds is 5. The molecule has 0 aromatic heterocycles. The van der Waals surface area contributed by atoms with Gasteiger partial charge in [0.05, 0.1) is 5.56 Å². The predicted octanol–water partition coefficient (Wildman–Crippen LogP) is 4.92. The van der Waals surface area contributed by atoms with Crippen molar-refractivity contribution in [1.29, 1.82) is 0 Å². The maximum Gasteiger partial charge on any atom is 0.136 e. The first-order chi connectivity index (χ1) is 10.0. The highest BCUT2D eigenvalue weighted by molar-refractivity contribution is 6.30. The number of nitrogens with one attached hydrogen (secondary N) is 1. The Morgan fingerprint density at radius 2 is 1.71 bits per heavy atom. The van der Waals surface area contributed by atoms with E-state index in [1.807, 2.05) is 6.92 Å². The number of hydrogen-bond acceptors (Lipinski definition) is 1. The van der Waals surface area contributed by atoms with E-state index in [0.717, 1.165) is 13.0 Å². The lowest BCUT2D eigenvalue weighted by atomic mass is 9.98. The Labute approximate surface area is 126 Å². The fourth-order valence-corrected chi connectivity index (χ4v) is 2.31. The van der Waals surface area contributed by atoms with Crippen molar-refractivity contribution < 1.29 is 13.2 Å². The Kier molecular flexibility index (Phi) is 5.26. The lowest BCUT2D eigenvalue weighted by molar-refractivity contribution is 0.547. The molecule has 0 heterocycles. The fraction of sp³-hybridized carbons (Fsp3) is 0.250. The van der Waals surface area contributed by atoms with Gasteiger partial charge in [-0.2, -0.15) is 0 Å². The highest BCUT2D eigenvalue weighted by Crippen LogP contribution is 2.32. The van der Waals surface area contributed by atoms with Crippen LogP contribution in [0.5, 0.6) is 0 Å². The van der Waals surface area contributed by atoms with E-state index in [9.17, 15) is 13.2 Å². The number of halogens is 4. The van der Waals surface area contributed by atoms with Gasteiger partial charge in [-0.05, 0) is 36.2 Å². The van der Waals surface area contributed by atoms with Gasteiger partial charge in [0.15, 0.2) is 0 Å². The predicted molar refractivity (Wildman–Crippen MR) is 78.8 cm³/mol. The molecule has 0 spiro atoms. The summed E-state index contributed by atoms with van der Waals surface area (Å²) in [5.41, 5.74) is 0.783. The average Bonchev–Trinajstić information content (AvgIpc) is 2.40. The Balaban J connectivity index is 2.49. The third-order valence-corrected chi connectivity index (χ3v) is 3.33. The summed E-state index contributed by atoms with van der Waals surface area (Å²) in [6, 6.07) is 6.20. The van der Waals surface area contributed by atoms with Gasteiger partial charge in [-0.1, -0.05) is 24.6 Å². The molecule has 0 aliphatic carbocycles. The van der Waals surface area contributed by atoms with E-state index >= 15 is 0 Å². The molecule has 2 aromatic carbocycles. The Hall–Kier alpha value is -1.52. The normalized spacial score (nSPS) is 10.9. The summed E-state index contributed by atoms with van der Waals surface area (Å²) < 4.78 is 40.9. The summed E-state index contributed by atoms with van der Waals surface area (Å²) in [7, 11) is 0. The van der Waals surface area contributed by atoms with Gasteiger partial charge < -0.3 is 5.32 Å². The third-order valence-electron chi connectivity index (χ3n) is 3.09. The van der Waals surface area contributed by atoms with Gasteiger partial charge in [0.25, 0.3) is 0 Å². The second kappa shape index (κ2) is 6.96. The molecule has 0 saturated carbocycles. The van der Waals surface area contributed by atoms with Gasteiger partial charge in [-0.3, -0.25) is 0 Å². The van der Waals surface area contributed by atoms with E-state index in [4.69, 9.17) is 11.6 Å². The van der Waals surface area contributed by atoms with E-state index < -0.39 is 17.5 Å². The van der Waals surface area contributed by atoms with Crippen LogP contribution >= 0.6 is 11.6 Å². The molecule has 112 valence electrons. The first kappa shape index (κ1) is 15.9. The molecule has 0 aliphatic rings. The first-order valence-electron chi connectivity index (χ1n) is 6.67. The summed E-state index contributed by atoms with van der Waals surface area (Å²) >= 11 is 5.92. The van der Waals surface area contributed by atoms with Crippen LogP contribution in [0.1, 0.15) is 18.9 Å². The number of hydrogen-bond donors (Lipinski definition) is 1. The van der Waals surface area contributed by atoms with Crippen molar-refractivity contribution in [1.82, 2.24) is 5.32 Å². The molecule has 0 bridgehead atoms. The molecular formula is C16H15ClF3N. The van der Waals surface area contributed by atoms with Crippen LogP contribution in [0.3, 0.4) is 0 Å². The zero-order valence-corrected chi connectivity index (χ0v) is 12.3. The standard InChI is InChI=1S/C16H15ClF3N/c1-2-5-21-9-10-3-4-11(17)6-13(10)16-14(19)7-12(18)8-15(16)20/h3-4,6-8,21H,2,5,9H2,1H3. The minimum atomic E-state index is -0.943. The summed E-state index contributed by atoms with van der Waals surface area (Å²) in [6.45, 7) is 3.27. The van der Waals surface area contributed by atoms with Crippen LogP contribution in [0.4, 0.5) is 13.2 Å². The summed E-state index contributed by atoms with van der Waals surface area (Å²) in [5, 5.41) is 3.54. The van der Waals surface area contributed by atoms with Gasteiger partial charge in [-0.25, -0.2) is 13.2 Å². The second-order valence-electron chi connectivity index (χ2n) is 4.72. The lowest BCUT2D eigenvalue weighted by Crippen LogP contribution is -2.14. The van der Waals surface area contributed by atoms with Crippen LogP contribution in [0.2, 0.25) is 5.02 Å². The molecule has 0 saturated heterocycles.